The van der Waals surface area contributed by atoms with E-state index in [1.54, 1.807) is 18.2 Å². The van der Waals surface area contributed by atoms with E-state index in [1.807, 2.05) is 6.08 Å². The number of allylic oxidation sites excluding steroid dienone is 1. The number of ether oxygens (including phenoxy) is 1. The summed E-state index contributed by atoms with van der Waals surface area (Å²) < 4.78 is 20.1. The number of hydrogen-bond donors (Lipinski definition) is 4. The zero-order valence-electron chi connectivity index (χ0n) is 22.3. The molecule has 3 aliphatic rings. The van der Waals surface area contributed by atoms with Crippen molar-refractivity contribution < 1.29 is 39.0 Å². The largest absolute Gasteiger partial charge is 0.505 e. The molecule has 4 atom stereocenters. The van der Waals surface area contributed by atoms with Gasteiger partial charge in [-0.2, -0.15) is 0 Å². The van der Waals surface area contributed by atoms with Gasteiger partial charge in [-0.1, -0.05) is 43.2 Å². The van der Waals surface area contributed by atoms with Crippen LogP contribution in [0, 0.1) is 23.6 Å². The van der Waals surface area contributed by atoms with Crippen LogP contribution in [0.15, 0.2) is 59.2 Å². The fourth-order valence-corrected chi connectivity index (χ4v) is 6.45. The summed E-state index contributed by atoms with van der Waals surface area (Å²) in [5, 5.41) is 38.9. The molecule has 0 saturated carbocycles. The number of aromatic hydroxyl groups is 1. The number of anilines is 1. The number of aliphatic hydroxyl groups excluding tert-OH is 1. The second kappa shape index (κ2) is 11.7. The summed E-state index contributed by atoms with van der Waals surface area (Å²) in [4.78, 5) is 28.2. The summed E-state index contributed by atoms with van der Waals surface area (Å²) in [6, 6.07) is 10.4. The molecule has 2 amide bonds. The minimum Gasteiger partial charge on any atom is -0.505 e. The molecule has 4 N–H and O–H groups in total. The van der Waals surface area contributed by atoms with Crippen molar-refractivity contribution in [2.45, 2.75) is 45.1 Å². The van der Waals surface area contributed by atoms with Crippen molar-refractivity contribution in [1.82, 2.24) is 0 Å². The van der Waals surface area contributed by atoms with E-state index in [0.717, 1.165) is 34.5 Å². The van der Waals surface area contributed by atoms with Crippen LogP contribution >= 0.6 is 0 Å². The fourth-order valence-electron chi connectivity index (χ4n) is 6.45. The molecule has 0 aromatic heterocycles. The van der Waals surface area contributed by atoms with Gasteiger partial charge in [-0.25, -0.2) is 4.39 Å². The maximum Gasteiger partial charge on any atom is 0.488 e. The molecule has 210 valence electrons. The third-order valence-electron chi connectivity index (χ3n) is 8.27. The third kappa shape index (κ3) is 5.24. The van der Waals surface area contributed by atoms with Crippen molar-refractivity contribution in [1.29, 1.82) is 0 Å². The molecule has 8 nitrogen and oxygen atoms in total. The van der Waals surface area contributed by atoms with Gasteiger partial charge in [0.15, 0.2) is 11.6 Å². The van der Waals surface area contributed by atoms with Crippen LogP contribution in [0.25, 0.3) is 6.08 Å². The number of halogens is 1. The van der Waals surface area contributed by atoms with Crippen molar-refractivity contribution in [3.8, 4) is 5.75 Å². The molecule has 0 unspecified atom stereocenters. The number of nitrogens with zero attached hydrogens (tertiary/aromatic N) is 1. The molecule has 2 fully saturated rings. The van der Waals surface area contributed by atoms with Crippen LogP contribution in [0.5, 0.6) is 5.75 Å². The Bertz CT molecular complexity index is 1370. The summed E-state index contributed by atoms with van der Waals surface area (Å²) in [6.07, 6.45) is 4.86. The van der Waals surface area contributed by atoms with E-state index in [1.165, 1.54) is 24.3 Å². The molecule has 0 bridgehead atoms. The van der Waals surface area contributed by atoms with Gasteiger partial charge in [-0.05, 0) is 72.1 Å². The van der Waals surface area contributed by atoms with Crippen molar-refractivity contribution >= 4 is 36.2 Å². The molecule has 2 aliphatic heterocycles. The maximum atomic E-state index is 13.9. The van der Waals surface area contributed by atoms with Crippen LogP contribution in [0.1, 0.15) is 44.6 Å². The van der Waals surface area contributed by atoms with Gasteiger partial charge in [0.05, 0.1) is 36.8 Å². The molecule has 1 aliphatic carbocycles. The van der Waals surface area contributed by atoms with E-state index in [-0.39, 0.29) is 54.6 Å². The Kier molecular flexibility index (Phi) is 8.23. The van der Waals surface area contributed by atoms with E-state index in [0.29, 0.717) is 18.4 Å². The highest BCUT2D eigenvalue weighted by molar-refractivity contribution is 6.58. The number of imide groups is 1. The summed E-state index contributed by atoms with van der Waals surface area (Å²) in [7, 11) is -1.73. The molecule has 10 heteroatoms. The number of phenols is 1. The van der Waals surface area contributed by atoms with Gasteiger partial charge >= 0.3 is 7.12 Å². The minimum absolute atomic E-state index is 0.179. The molecular formula is C30H33BFNO7. The van der Waals surface area contributed by atoms with Crippen molar-refractivity contribution in [3.05, 3.63) is 70.6 Å². The number of fused-ring (bicyclic) bond motifs is 3. The quantitative estimate of drug-likeness (QED) is 0.215. The van der Waals surface area contributed by atoms with Gasteiger partial charge < -0.3 is 25.0 Å². The van der Waals surface area contributed by atoms with Crippen LogP contribution in [-0.2, 0) is 14.3 Å². The van der Waals surface area contributed by atoms with Crippen LogP contribution in [0.2, 0.25) is 0 Å². The summed E-state index contributed by atoms with van der Waals surface area (Å²) in [6.45, 7) is 2.10. The number of benzene rings is 2. The zero-order valence-corrected chi connectivity index (χ0v) is 22.3. The molecule has 2 saturated heterocycles. The lowest BCUT2D eigenvalue weighted by Crippen LogP contribution is -2.35. The van der Waals surface area contributed by atoms with Gasteiger partial charge in [-0.3, -0.25) is 14.5 Å². The van der Waals surface area contributed by atoms with E-state index in [9.17, 15) is 34.2 Å². The van der Waals surface area contributed by atoms with E-state index < -0.39 is 30.5 Å². The SMILES string of the molecule is CCC/C(=C\c1ccc(O)c(F)c1)CC[C@H]1OC[C@H]2C1=C(CO)C[C@H]1C(=O)N(c3cccc(B(O)O)c3)C(=O)[C@H]12. The average Bonchev–Trinajstić information content (AvgIpc) is 3.47. The third-order valence-corrected chi connectivity index (χ3v) is 8.27. The first-order valence-corrected chi connectivity index (χ1v) is 13.7. The number of carbonyl (C=O) groups excluding carboxylic acids is 2. The first kappa shape index (κ1) is 28.2. The van der Waals surface area contributed by atoms with E-state index in [4.69, 9.17) is 4.74 Å². The average molecular weight is 549 g/mol. The molecule has 5 rings (SSSR count). The molecule has 2 heterocycles. The zero-order chi connectivity index (χ0) is 28.6. The normalized spacial score (nSPS) is 24.5. The van der Waals surface area contributed by atoms with Crippen molar-refractivity contribution in [2.24, 2.45) is 17.8 Å². The van der Waals surface area contributed by atoms with Crippen LogP contribution < -0.4 is 10.4 Å². The molecule has 40 heavy (non-hydrogen) atoms. The van der Waals surface area contributed by atoms with Crippen LogP contribution in [-0.4, -0.2) is 58.5 Å². The van der Waals surface area contributed by atoms with Crippen molar-refractivity contribution in [2.75, 3.05) is 18.1 Å². The maximum absolute atomic E-state index is 13.9. The Labute approximate surface area is 232 Å². The summed E-state index contributed by atoms with van der Waals surface area (Å²) >= 11 is 0. The topological polar surface area (TPSA) is 128 Å². The van der Waals surface area contributed by atoms with Crippen molar-refractivity contribution in [3.63, 3.8) is 0 Å². The Hall–Kier alpha value is -3.31. The number of aliphatic hydroxyl groups is 1. The van der Waals surface area contributed by atoms with Gasteiger partial charge in [0.25, 0.3) is 0 Å². The number of phenolic OH excluding ortho intramolecular Hbond substituents is 1. The lowest BCUT2D eigenvalue weighted by Gasteiger charge is -2.31. The molecule has 0 spiro atoms. The standard InChI is InChI=1S/C30H33BFNO7/c1-2-4-17(11-18-7-9-25(35)24(32)12-18)8-10-26-27-19(15-34)13-22-28(23(27)16-40-26)30(37)33(29(22)36)21-6-3-5-20(14-21)31(38)39/h3,5-7,9,11-12,14,22-23,26,28,34-35,38-39H,2,4,8,10,13,15-16H2,1H3/b17-11+/t22-,23+,26-,28-/m1/s1. The first-order valence-electron chi connectivity index (χ1n) is 13.7. The van der Waals surface area contributed by atoms with E-state index >= 15 is 0 Å². The number of hydrogen-bond acceptors (Lipinski definition) is 7. The fraction of sp³-hybridized carbons (Fsp3) is 0.400. The number of rotatable bonds is 9. The van der Waals surface area contributed by atoms with Crippen LogP contribution in [0.4, 0.5) is 10.1 Å². The highest BCUT2D eigenvalue weighted by Gasteiger charge is 2.57. The van der Waals surface area contributed by atoms with Gasteiger partial charge in [0.2, 0.25) is 11.8 Å². The summed E-state index contributed by atoms with van der Waals surface area (Å²) in [5.41, 5.74) is 3.86. The Morgan fingerprint density at radius 3 is 2.62 bits per heavy atom. The smallest absolute Gasteiger partial charge is 0.488 e. The van der Waals surface area contributed by atoms with E-state index in [2.05, 4.69) is 6.92 Å². The highest BCUT2D eigenvalue weighted by Crippen LogP contribution is 2.50. The Morgan fingerprint density at radius 2 is 1.93 bits per heavy atom. The molecule has 0 radical (unpaired) electrons. The second-order valence-corrected chi connectivity index (χ2v) is 10.8. The lowest BCUT2D eigenvalue weighted by atomic mass is 9.69. The predicted octanol–water partition coefficient (Wildman–Crippen LogP) is 2.69. The number of carbonyl (C=O) groups is 2. The van der Waals surface area contributed by atoms with Gasteiger partial charge in [0, 0.05) is 5.92 Å². The summed E-state index contributed by atoms with van der Waals surface area (Å²) in [5.74, 6) is -3.33. The second-order valence-electron chi connectivity index (χ2n) is 10.8. The first-order chi connectivity index (χ1) is 19.2. The minimum atomic E-state index is -1.73. The predicted molar refractivity (Wildman–Crippen MR) is 148 cm³/mol. The van der Waals surface area contributed by atoms with Gasteiger partial charge in [-0.15, -0.1) is 0 Å². The molecule has 2 aromatic carbocycles. The number of amides is 2. The Morgan fingerprint density at radius 1 is 1.12 bits per heavy atom. The lowest BCUT2D eigenvalue weighted by molar-refractivity contribution is -0.122. The van der Waals surface area contributed by atoms with Gasteiger partial charge in [0.1, 0.15) is 0 Å². The van der Waals surface area contributed by atoms with Crippen LogP contribution in [0.3, 0.4) is 0 Å². The Balaban J connectivity index is 1.37. The monoisotopic (exact) mass is 549 g/mol. The molecule has 2 aromatic rings. The highest BCUT2D eigenvalue weighted by atomic mass is 19.1. The molecular weight excluding hydrogens is 516 g/mol.